The van der Waals surface area contributed by atoms with Crippen molar-refractivity contribution in [2.24, 2.45) is 0 Å². The van der Waals surface area contributed by atoms with Crippen LogP contribution in [0.1, 0.15) is 23.0 Å². The van der Waals surface area contributed by atoms with Gasteiger partial charge in [0, 0.05) is 0 Å². The zero-order chi connectivity index (χ0) is 12.2. The van der Waals surface area contributed by atoms with Crippen molar-refractivity contribution < 1.29 is 24.5 Å². The molecule has 0 aliphatic rings. The number of hydrogen-bond acceptors (Lipinski definition) is 5. The van der Waals surface area contributed by atoms with Crippen LogP contribution in [-0.2, 0) is 6.54 Å². The van der Waals surface area contributed by atoms with Crippen molar-refractivity contribution in [1.82, 2.24) is 5.32 Å². The smallest absolute Gasteiger partial charge is 0.339 e. The summed E-state index contributed by atoms with van der Waals surface area (Å²) in [5.74, 6) is -0.805. The number of aliphatic hydroxyl groups is 2. The molecule has 0 spiro atoms. The minimum absolute atomic E-state index is 0.0747. The lowest BCUT2D eigenvalue weighted by Gasteiger charge is -2.25. The van der Waals surface area contributed by atoms with Crippen molar-refractivity contribution in [1.29, 1.82) is 0 Å². The van der Waals surface area contributed by atoms with Crippen molar-refractivity contribution >= 4 is 5.97 Å². The Morgan fingerprint density at radius 1 is 1.50 bits per heavy atom. The zero-order valence-electron chi connectivity index (χ0n) is 8.93. The molecule has 1 aromatic rings. The highest BCUT2D eigenvalue weighted by Gasteiger charge is 2.23. The molecule has 6 heteroatoms. The molecule has 0 saturated carbocycles. The number of aromatic carboxylic acids is 1. The first-order chi connectivity index (χ1) is 7.52. The van der Waals surface area contributed by atoms with Gasteiger partial charge < -0.3 is 25.1 Å². The van der Waals surface area contributed by atoms with E-state index in [1.165, 1.54) is 12.3 Å². The van der Waals surface area contributed by atoms with Crippen LogP contribution < -0.4 is 5.32 Å². The van der Waals surface area contributed by atoms with Crippen LogP contribution in [-0.4, -0.2) is 40.0 Å². The number of carboxylic acid groups (broad SMARTS) is 1. The molecule has 0 aromatic carbocycles. The Labute approximate surface area is 92.5 Å². The maximum atomic E-state index is 10.8. The summed E-state index contributed by atoms with van der Waals surface area (Å²) >= 11 is 0. The second-order valence-electron chi connectivity index (χ2n) is 3.79. The summed E-state index contributed by atoms with van der Waals surface area (Å²) in [5.41, 5.74) is -0.784. The lowest BCUT2D eigenvalue weighted by atomic mass is 10.1. The number of nitrogens with one attached hydrogen (secondary N) is 1. The molecule has 1 aromatic heterocycles. The number of hydrogen-bond donors (Lipinski definition) is 4. The SMILES string of the molecule is CC(CO)(CO)NCc1occc1C(=O)O. The van der Waals surface area contributed by atoms with Gasteiger partial charge in [0.1, 0.15) is 11.3 Å². The predicted molar refractivity (Wildman–Crippen MR) is 55.1 cm³/mol. The third-order valence-corrected chi connectivity index (χ3v) is 2.35. The minimum Gasteiger partial charge on any atom is -0.478 e. The molecule has 4 N–H and O–H groups in total. The average Bonchev–Trinajstić information content (AvgIpc) is 2.74. The van der Waals surface area contributed by atoms with Gasteiger partial charge in [-0.2, -0.15) is 0 Å². The number of carboxylic acids is 1. The van der Waals surface area contributed by atoms with Crippen molar-refractivity contribution in [3.8, 4) is 0 Å². The normalized spacial score (nSPS) is 11.7. The minimum atomic E-state index is -1.07. The third-order valence-electron chi connectivity index (χ3n) is 2.35. The van der Waals surface area contributed by atoms with Gasteiger partial charge in [-0.05, 0) is 13.0 Å². The molecule has 0 unspecified atom stereocenters. The molecule has 90 valence electrons. The van der Waals surface area contributed by atoms with Gasteiger partial charge >= 0.3 is 5.97 Å². The van der Waals surface area contributed by atoms with Gasteiger partial charge in [0.2, 0.25) is 0 Å². The summed E-state index contributed by atoms with van der Waals surface area (Å²) in [7, 11) is 0. The van der Waals surface area contributed by atoms with Crippen molar-refractivity contribution in [3.05, 3.63) is 23.7 Å². The summed E-state index contributed by atoms with van der Waals surface area (Å²) in [5, 5.41) is 29.7. The number of aliphatic hydroxyl groups excluding tert-OH is 2. The monoisotopic (exact) mass is 229 g/mol. The first-order valence-corrected chi connectivity index (χ1v) is 4.79. The molecular formula is C10H15NO5. The quantitative estimate of drug-likeness (QED) is 0.539. The van der Waals surface area contributed by atoms with E-state index < -0.39 is 11.5 Å². The Bertz CT molecular complexity index is 356. The molecule has 16 heavy (non-hydrogen) atoms. The highest BCUT2D eigenvalue weighted by Crippen LogP contribution is 2.12. The van der Waals surface area contributed by atoms with Crippen LogP contribution in [0.15, 0.2) is 16.7 Å². The van der Waals surface area contributed by atoms with Crippen molar-refractivity contribution in [2.45, 2.75) is 19.0 Å². The van der Waals surface area contributed by atoms with Crippen LogP contribution in [0.3, 0.4) is 0 Å². The topological polar surface area (TPSA) is 103 Å². The fraction of sp³-hybridized carbons (Fsp3) is 0.500. The van der Waals surface area contributed by atoms with E-state index in [1.807, 2.05) is 0 Å². The van der Waals surface area contributed by atoms with E-state index in [1.54, 1.807) is 6.92 Å². The summed E-state index contributed by atoms with van der Waals surface area (Å²) < 4.78 is 5.00. The molecule has 1 heterocycles. The van der Waals surface area contributed by atoms with Crippen LogP contribution in [0, 0.1) is 0 Å². The fourth-order valence-corrected chi connectivity index (χ4v) is 1.12. The van der Waals surface area contributed by atoms with Crippen LogP contribution in [0.5, 0.6) is 0 Å². The largest absolute Gasteiger partial charge is 0.478 e. The second-order valence-corrected chi connectivity index (χ2v) is 3.79. The molecule has 0 fully saturated rings. The van der Waals surface area contributed by atoms with E-state index in [0.29, 0.717) is 0 Å². The lowest BCUT2D eigenvalue weighted by molar-refractivity contribution is 0.0692. The number of rotatable bonds is 6. The Morgan fingerprint density at radius 3 is 2.62 bits per heavy atom. The standard InChI is InChI=1S/C10H15NO5/c1-10(5-12,6-13)11-4-8-7(9(14)15)2-3-16-8/h2-3,11-13H,4-6H2,1H3,(H,14,15). The van der Waals surface area contributed by atoms with E-state index >= 15 is 0 Å². The Kier molecular flexibility index (Phi) is 4.05. The molecule has 1 rings (SSSR count). The molecule has 0 radical (unpaired) electrons. The van der Waals surface area contributed by atoms with Gasteiger partial charge in [-0.3, -0.25) is 0 Å². The zero-order valence-corrected chi connectivity index (χ0v) is 8.93. The highest BCUT2D eigenvalue weighted by atomic mass is 16.4. The van der Waals surface area contributed by atoms with E-state index in [4.69, 9.17) is 19.7 Å². The molecule has 0 aliphatic carbocycles. The Hall–Kier alpha value is -1.37. The molecule has 0 saturated heterocycles. The van der Waals surface area contributed by atoms with Crippen molar-refractivity contribution in [2.75, 3.05) is 13.2 Å². The first kappa shape index (κ1) is 12.7. The number of carbonyl (C=O) groups is 1. The molecule has 0 atom stereocenters. The van der Waals surface area contributed by atoms with Crippen LogP contribution in [0.2, 0.25) is 0 Å². The van der Waals surface area contributed by atoms with Gasteiger partial charge in [-0.15, -0.1) is 0 Å². The van der Waals surface area contributed by atoms with Crippen LogP contribution in [0.25, 0.3) is 0 Å². The molecule has 0 aliphatic heterocycles. The van der Waals surface area contributed by atoms with Gasteiger partial charge in [0.05, 0.1) is 31.6 Å². The van der Waals surface area contributed by atoms with Crippen molar-refractivity contribution in [3.63, 3.8) is 0 Å². The van der Waals surface area contributed by atoms with E-state index in [9.17, 15) is 4.79 Å². The van der Waals surface area contributed by atoms with Gasteiger partial charge in [-0.25, -0.2) is 4.79 Å². The van der Waals surface area contributed by atoms with E-state index in [2.05, 4.69) is 5.32 Å². The summed E-state index contributed by atoms with van der Waals surface area (Å²) in [6.45, 7) is 1.24. The second kappa shape index (κ2) is 5.11. The van der Waals surface area contributed by atoms with Gasteiger partial charge in [0.15, 0.2) is 0 Å². The maximum Gasteiger partial charge on any atom is 0.339 e. The van der Waals surface area contributed by atoms with Gasteiger partial charge in [0.25, 0.3) is 0 Å². The fourth-order valence-electron chi connectivity index (χ4n) is 1.12. The first-order valence-electron chi connectivity index (χ1n) is 4.79. The van der Waals surface area contributed by atoms with Crippen LogP contribution >= 0.6 is 0 Å². The lowest BCUT2D eigenvalue weighted by Crippen LogP contribution is -2.48. The molecule has 6 nitrogen and oxygen atoms in total. The summed E-state index contributed by atoms with van der Waals surface area (Å²) in [6.07, 6.45) is 1.29. The van der Waals surface area contributed by atoms with Crippen LogP contribution in [0.4, 0.5) is 0 Å². The average molecular weight is 229 g/mol. The van der Waals surface area contributed by atoms with Gasteiger partial charge in [-0.1, -0.05) is 0 Å². The third kappa shape index (κ3) is 2.82. The van der Waals surface area contributed by atoms with E-state index in [0.717, 1.165) is 0 Å². The van der Waals surface area contributed by atoms with E-state index in [-0.39, 0.29) is 31.1 Å². The molecule has 0 amide bonds. The molecular weight excluding hydrogens is 214 g/mol. The summed E-state index contributed by atoms with van der Waals surface area (Å²) in [4.78, 5) is 10.8. The Balaban J connectivity index is 2.67. The predicted octanol–water partition coefficient (Wildman–Crippen LogP) is -0.189. The maximum absolute atomic E-state index is 10.8. The summed E-state index contributed by atoms with van der Waals surface area (Å²) in [6, 6.07) is 1.36. The molecule has 0 bridgehead atoms. The number of furan rings is 1. The highest BCUT2D eigenvalue weighted by molar-refractivity contribution is 5.88. The Morgan fingerprint density at radius 2 is 2.12 bits per heavy atom.